The maximum absolute atomic E-state index is 10.4. The Hall–Kier alpha value is -3.40. The number of carbonyl (C=O) groups is 3. The topological polar surface area (TPSA) is 120 Å². The predicted molar refractivity (Wildman–Crippen MR) is 120 cm³/mol. The van der Waals surface area contributed by atoms with Crippen LogP contribution in [0.3, 0.4) is 0 Å². The Balaban J connectivity index is -0.000000174. The summed E-state index contributed by atoms with van der Waals surface area (Å²) in [5, 5.41) is 31.2. The first-order valence-electron chi connectivity index (χ1n) is 8.25. The first-order valence-corrected chi connectivity index (χ1v) is 8.25. The monoisotopic (exact) mass is 438 g/mol. The first-order chi connectivity index (χ1) is 13.9. The molecule has 0 heterocycles. The zero-order valence-electron chi connectivity index (χ0n) is 17.6. The summed E-state index contributed by atoms with van der Waals surface area (Å²) in [7, 11) is 0. The van der Waals surface area contributed by atoms with Crippen LogP contribution in [0.15, 0.2) is 114 Å². The molecule has 0 aromatic rings. The fraction of sp³-hybridized carbons (Fsp3) is 0.125. The third-order valence-electron chi connectivity index (χ3n) is 4.10. The number of carboxylic acids is 3. The first kappa shape index (κ1) is 35.1. The molecule has 162 valence electrons. The van der Waals surface area contributed by atoms with Crippen LogP contribution in [0.1, 0.15) is 0 Å². The second-order valence-corrected chi connectivity index (χ2v) is 5.50. The van der Waals surface area contributed by atoms with Crippen molar-refractivity contribution in [3.63, 3.8) is 0 Å². The molecule has 7 heteroatoms. The summed E-state index contributed by atoms with van der Waals surface area (Å²) in [4.78, 5) is 31.2. The molecule has 0 fully saturated rings. The quantitative estimate of drug-likeness (QED) is 0.322. The van der Waals surface area contributed by atoms with E-state index in [4.69, 9.17) is 0 Å². The Morgan fingerprint density at radius 3 is 0.516 bits per heavy atom. The number of hydrogen-bond acceptors (Lipinski definition) is 6. The standard InChI is InChI=1S/3C8H10O2.Al/c3*1-4-8(5-2,6-3)7(9)10;/h3*4-6H,1-3H2,(H,9,10);/q;;;+3/p-3. The molecule has 0 unspecified atom stereocenters. The maximum atomic E-state index is 10.4. The van der Waals surface area contributed by atoms with E-state index < -0.39 is 34.2 Å². The molecule has 0 bridgehead atoms. The van der Waals surface area contributed by atoms with Gasteiger partial charge in [-0.05, 0) is 0 Å². The molecule has 0 aliphatic heterocycles. The predicted octanol–water partition coefficient (Wildman–Crippen LogP) is 0.461. The minimum Gasteiger partial charge on any atom is -0.549 e. The summed E-state index contributed by atoms with van der Waals surface area (Å²) in [6, 6.07) is 0. The van der Waals surface area contributed by atoms with Crippen LogP contribution in [0.2, 0.25) is 0 Å². The molecule has 0 aliphatic carbocycles. The van der Waals surface area contributed by atoms with Crippen molar-refractivity contribution in [3.8, 4) is 0 Å². The number of aliphatic carboxylic acids is 3. The molecule has 0 saturated heterocycles. The van der Waals surface area contributed by atoms with Crippen molar-refractivity contribution in [1.82, 2.24) is 0 Å². The minimum absolute atomic E-state index is 0. The van der Waals surface area contributed by atoms with Gasteiger partial charge in [0.25, 0.3) is 0 Å². The van der Waals surface area contributed by atoms with Crippen LogP contribution in [0, 0.1) is 16.2 Å². The van der Waals surface area contributed by atoms with Crippen LogP contribution in [-0.2, 0) is 14.4 Å². The van der Waals surface area contributed by atoms with Crippen molar-refractivity contribution < 1.29 is 29.7 Å². The van der Waals surface area contributed by atoms with Crippen molar-refractivity contribution in [2.45, 2.75) is 0 Å². The van der Waals surface area contributed by atoms with E-state index in [1.165, 1.54) is 54.7 Å². The van der Waals surface area contributed by atoms with E-state index in [0.717, 1.165) is 0 Å². The van der Waals surface area contributed by atoms with Crippen LogP contribution >= 0.6 is 0 Å². The fourth-order valence-corrected chi connectivity index (χ4v) is 1.50. The van der Waals surface area contributed by atoms with Crippen molar-refractivity contribution in [2.75, 3.05) is 0 Å². The molecule has 0 amide bonds. The average Bonchev–Trinajstić information content (AvgIpc) is 2.73. The Kier molecular flexibility index (Phi) is 18.6. The summed E-state index contributed by atoms with van der Waals surface area (Å²) in [6.07, 6.45) is 11.0. The van der Waals surface area contributed by atoms with Gasteiger partial charge in [-0.1, -0.05) is 54.7 Å². The van der Waals surface area contributed by atoms with Gasteiger partial charge < -0.3 is 29.7 Å². The van der Waals surface area contributed by atoms with Gasteiger partial charge in [-0.3, -0.25) is 0 Å². The number of carboxylic acid groups (broad SMARTS) is 3. The molecular weight excluding hydrogens is 411 g/mol. The van der Waals surface area contributed by atoms with Crippen molar-refractivity contribution in [3.05, 3.63) is 114 Å². The van der Waals surface area contributed by atoms with Crippen molar-refractivity contribution >= 4 is 35.3 Å². The molecule has 0 N–H and O–H groups in total. The van der Waals surface area contributed by atoms with Gasteiger partial charge in [0.1, 0.15) is 0 Å². The molecule has 0 rings (SSSR count). The van der Waals surface area contributed by atoms with Gasteiger partial charge in [0.15, 0.2) is 0 Å². The number of rotatable bonds is 12. The summed E-state index contributed by atoms with van der Waals surface area (Å²) in [5.74, 6) is -3.77. The molecule has 6 nitrogen and oxygen atoms in total. The van der Waals surface area contributed by atoms with E-state index in [1.54, 1.807) is 0 Å². The summed E-state index contributed by atoms with van der Waals surface area (Å²) in [6.45, 7) is 30.0. The van der Waals surface area contributed by atoms with E-state index in [0.29, 0.717) is 0 Å². The van der Waals surface area contributed by atoms with Crippen LogP contribution in [0.5, 0.6) is 0 Å². The third kappa shape index (κ3) is 9.30. The summed E-state index contributed by atoms with van der Waals surface area (Å²) < 4.78 is 0. The number of hydrogen-bond donors (Lipinski definition) is 0. The number of carbonyl (C=O) groups excluding carboxylic acids is 3. The van der Waals surface area contributed by atoms with E-state index in [9.17, 15) is 29.7 Å². The largest absolute Gasteiger partial charge is 3.00 e. The van der Waals surface area contributed by atoms with Gasteiger partial charge >= 0.3 is 17.4 Å². The molecule has 0 aromatic carbocycles. The molecule has 0 spiro atoms. The Labute approximate surface area is 195 Å². The second kappa shape index (κ2) is 16.4. The summed E-state index contributed by atoms with van der Waals surface area (Å²) >= 11 is 0. The minimum atomic E-state index is -1.28. The Morgan fingerprint density at radius 2 is 0.516 bits per heavy atom. The van der Waals surface area contributed by atoms with Gasteiger partial charge in [0, 0.05) is 0 Å². The Morgan fingerprint density at radius 1 is 0.419 bits per heavy atom. The normalized spacial score (nSPS) is 9.68. The smallest absolute Gasteiger partial charge is 0.549 e. The maximum Gasteiger partial charge on any atom is 3.00 e. The zero-order chi connectivity index (χ0) is 24.6. The Bertz CT molecular complexity index is 580. The van der Waals surface area contributed by atoms with Gasteiger partial charge in [0.05, 0.1) is 34.2 Å². The van der Waals surface area contributed by atoms with Crippen LogP contribution in [0.4, 0.5) is 0 Å². The van der Waals surface area contributed by atoms with Gasteiger partial charge in [0.2, 0.25) is 0 Å². The van der Waals surface area contributed by atoms with E-state index in [1.807, 2.05) is 0 Å². The van der Waals surface area contributed by atoms with E-state index >= 15 is 0 Å². The summed E-state index contributed by atoms with van der Waals surface area (Å²) in [5.41, 5.74) is -3.83. The SMILES string of the molecule is C=CC(C=C)(C=C)C(=O)[O-].C=CC(C=C)(C=C)C(=O)[O-].C=CC(C=C)(C=C)C(=O)[O-].[Al+3]. The van der Waals surface area contributed by atoms with Gasteiger partial charge in [-0.15, -0.1) is 59.2 Å². The molecule has 0 aromatic heterocycles. The van der Waals surface area contributed by atoms with E-state index in [2.05, 4.69) is 59.2 Å². The fourth-order valence-electron chi connectivity index (χ4n) is 1.50. The van der Waals surface area contributed by atoms with Crippen molar-refractivity contribution in [1.29, 1.82) is 0 Å². The van der Waals surface area contributed by atoms with Crippen LogP contribution in [0.25, 0.3) is 0 Å². The average molecular weight is 438 g/mol. The van der Waals surface area contributed by atoms with Crippen LogP contribution in [-0.4, -0.2) is 35.3 Å². The molecular formula is C24H27AlO6. The molecule has 0 atom stereocenters. The van der Waals surface area contributed by atoms with Crippen molar-refractivity contribution in [2.24, 2.45) is 16.2 Å². The molecule has 0 saturated carbocycles. The van der Waals surface area contributed by atoms with Crippen LogP contribution < -0.4 is 15.3 Å². The molecule has 31 heavy (non-hydrogen) atoms. The second-order valence-electron chi connectivity index (χ2n) is 5.50. The molecule has 0 aliphatic rings. The van der Waals surface area contributed by atoms with E-state index in [-0.39, 0.29) is 17.4 Å². The van der Waals surface area contributed by atoms with Gasteiger partial charge in [-0.2, -0.15) is 0 Å². The van der Waals surface area contributed by atoms with Gasteiger partial charge in [-0.25, -0.2) is 0 Å². The molecule has 0 radical (unpaired) electrons. The zero-order valence-corrected chi connectivity index (χ0v) is 18.7. The third-order valence-corrected chi connectivity index (χ3v) is 4.10.